The van der Waals surface area contributed by atoms with E-state index in [9.17, 15) is 0 Å². The number of aryl methyl sites for hydroxylation is 1. The Kier molecular flexibility index (Phi) is 5.53. The monoisotopic (exact) mass is 305 g/mol. The molecule has 0 aromatic heterocycles. The van der Waals surface area contributed by atoms with E-state index in [1.165, 1.54) is 16.7 Å². The molecule has 0 spiro atoms. The van der Waals surface area contributed by atoms with Gasteiger partial charge in [-0.05, 0) is 37.1 Å². The van der Waals surface area contributed by atoms with E-state index in [1.807, 2.05) is 30.0 Å². The lowest BCUT2D eigenvalue weighted by Crippen LogP contribution is -2.22. The molecule has 20 heavy (non-hydrogen) atoms. The maximum Gasteiger partial charge on any atom is 0.0449 e. The molecule has 0 saturated heterocycles. The second kappa shape index (κ2) is 7.16. The summed E-state index contributed by atoms with van der Waals surface area (Å²) < 4.78 is 0. The SMILES string of the molecule is Cc1cccc(CSC(c2cccc(Cl)c2)C(C)N)c1. The molecular weight excluding hydrogens is 286 g/mol. The average Bonchev–Trinajstić information content (AvgIpc) is 2.38. The van der Waals surface area contributed by atoms with Gasteiger partial charge in [-0.3, -0.25) is 0 Å². The van der Waals surface area contributed by atoms with Crippen molar-refractivity contribution in [3.8, 4) is 0 Å². The second-order valence-electron chi connectivity index (χ2n) is 5.13. The van der Waals surface area contributed by atoms with Crippen LogP contribution in [0.3, 0.4) is 0 Å². The maximum absolute atomic E-state index is 6.15. The van der Waals surface area contributed by atoms with Gasteiger partial charge in [-0.2, -0.15) is 0 Å². The van der Waals surface area contributed by atoms with E-state index in [0.29, 0.717) is 0 Å². The lowest BCUT2D eigenvalue weighted by molar-refractivity contribution is 0.721. The molecule has 3 heteroatoms. The van der Waals surface area contributed by atoms with Crippen LogP contribution in [0.2, 0.25) is 5.02 Å². The molecule has 0 amide bonds. The van der Waals surface area contributed by atoms with Gasteiger partial charge in [0.05, 0.1) is 0 Å². The Hall–Kier alpha value is -0.960. The zero-order valence-corrected chi connectivity index (χ0v) is 13.4. The topological polar surface area (TPSA) is 26.0 Å². The first-order valence-corrected chi connectivity index (χ1v) is 8.17. The van der Waals surface area contributed by atoms with Crippen LogP contribution in [0.25, 0.3) is 0 Å². The third-order valence-corrected chi connectivity index (χ3v) is 4.96. The van der Waals surface area contributed by atoms with Gasteiger partial charge < -0.3 is 5.73 Å². The summed E-state index contributed by atoms with van der Waals surface area (Å²) in [6, 6.07) is 16.7. The highest BCUT2D eigenvalue weighted by Gasteiger charge is 2.17. The summed E-state index contributed by atoms with van der Waals surface area (Å²) in [4.78, 5) is 0. The predicted octanol–water partition coefficient (Wildman–Crippen LogP) is 4.97. The van der Waals surface area contributed by atoms with Crippen molar-refractivity contribution in [2.24, 2.45) is 5.73 Å². The van der Waals surface area contributed by atoms with Gasteiger partial charge in [-0.15, -0.1) is 11.8 Å². The number of hydrogen-bond acceptors (Lipinski definition) is 2. The van der Waals surface area contributed by atoms with Crippen molar-refractivity contribution in [1.82, 2.24) is 0 Å². The van der Waals surface area contributed by atoms with Crippen molar-refractivity contribution < 1.29 is 0 Å². The van der Waals surface area contributed by atoms with Crippen molar-refractivity contribution in [2.45, 2.75) is 30.9 Å². The molecule has 2 unspecified atom stereocenters. The van der Waals surface area contributed by atoms with Crippen molar-refractivity contribution in [3.05, 3.63) is 70.2 Å². The van der Waals surface area contributed by atoms with Crippen LogP contribution in [0.5, 0.6) is 0 Å². The normalized spacial score (nSPS) is 14.0. The molecule has 0 aliphatic heterocycles. The van der Waals surface area contributed by atoms with E-state index >= 15 is 0 Å². The maximum atomic E-state index is 6.15. The molecule has 0 saturated carbocycles. The van der Waals surface area contributed by atoms with Gasteiger partial charge in [0.1, 0.15) is 0 Å². The number of hydrogen-bond donors (Lipinski definition) is 1. The number of thioether (sulfide) groups is 1. The van der Waals surface area contributed by atoms with E-state index < -0.39 is 0 Å². The summed E-state index contributed by atoms with van der Waals surface area (Å²) in [5.74, 6) is 0.959. The van der Waals surface area contributed by atoms with Crippen LogP contribution in [0.4, 0.5) is 0 Å². The summed E-state index contributed by atoms with van der Waals surface area (Å²) in [5.41, 5.74) is 9.98. The first kappa shape index (κ1) is 15.4. The van der Waals surface area contributed by atoms with Gasteiger partial charge in [0.2, 0.25) is 0 Å². The van der Waals surface area contributed by atoms with Crippen molar-refractivity contribution in [1.29, 1.82) is 0 Å². The number of halogens is 1. The highest BCUT2D eigenvalue weighted by Crippen LogP contribution is 2.34. The van der Waals surface area contributed by atoms with Gasteiger partial charge in [-0.25, -0.2) is 0 Å². The summed E-state index contributed by atoms with van der Waals surface area (Å²) in [5, 5.41) is 1.03. The Balaban J connectivity index is 2.10. The minimum atomic E-state index is 0.0864. The van der Waals surface area contributed by atoms with Crippen LogP contribution in [-0.4, -0.2) is 6.04 Å². The number of nitrogens with two attached hydrogens (primary N) is 1. The van der Waals surface area contributed by atoms with Crippen LogP contribution in [0, 0.1) is 6.92 Å². The molecule has 2 aromatic rings. The number of rotatable bonds is 5. The zero-order chi connectivity index (χ0) is 14.5. The molecule has 2 rings (SSSR count). The van der Waals surface area contributed by atoms with Gasteiger partial charge >= 0.3 is 0 Å². The third kappa shape index (κ3) is 4.27. The van der Waals surface area contributed by atoms with Crippen LogP contribution >= 0.6 is 23.4 Å². The minimum absolute atomic E-state index is 0.0864. The predicted molar refractivity (Wildman–Crippen MR) is 90.3 cm³/mol. The quantitative estimate of drug-likeness (QED) is 0.844. The van der Waals surface area contributed by atoms with Crippen LogP contribution in [-0.2, 0) is 5.75 Å². The molecule has 2 N–H and O–H groups in total. The van der Waals surface area contributed by atoms with Gasteiger partial charge in [0, 0.05) is 22.1 Å². The van der Waals surface area contributed by atoms with Gasteiger partial charge in [0.25, 0.3) is 0 Å². The molecule has 0 aliphatic carbocycles. The molecule has 2 atom stereocenters. The molecular formula is C17H20ClNS. The average molecular weight is 306 g/mol. The van der Waals surface area contributed by atoms with Crippen molar-refractivity contribution >= 4 is 23.4 Å². The molecule has 106 valence electrons. The smallest absolute Gasteiger partial charge is 0.0449 e. The van der Waals surface area contributed by atoms with Gasteiger partial charge in [0.15, 0.2) is 0 Å². The van der Waals surface area contributed by atoms with Crippen LogP contribution in [0.15, 0.2) is 48.5 Å². The van der Waals surface area contributed by atoms with E-state index in [2.05, 4.69) is 44.2 Å². The fourth-order valence-corrected chi connectivity index (χ4v) is 3.62. The Morgan fingerprint density at radius 2 is 1.90 bits per heavy atom. The molecule has 0 fully saturated rings. The van der Waals surface area contributed by atoms with Crippen molar-refractivity contribution in [2.75, 3.05) is 0 Å². The number of benzene rings is 2. The molecule has 0 bridgehead atoms. The van der Waals surface area contributed by atoms with Crippen LogP contribution in [0.1, 0.15) is 28.9 Å². The van der Waals surface area contributed by atoms with Crippen LogP contribution < -0.4 is 5.73 Å². The zero-order valence-electron chi connectivity index (χ0n) is 11.8. The molecule has 0 heterocycles. The minimum Gasteiger partial charge on any atom is -0.327 e. The third-order valence-electron chi connectivity index (χ3n) is 3.17. The molecule has 1 nitrogen and oxygen atoms in total. The van der Waals surface area contributed by atoms with Gasteiger partial charge in [-0.1, -0.05) is 53.6 Å². The summed E-state index contributed by atoms with van der Waals surface area (Å²) >= 11 is 7.95. The second-order valence-corrected chi connectivity index (χ2v) is 6.70. The molecule has 2 aromatic carbocycles. The standard InChI is InChI=1S/C17H20ClNS/c1-12-5-3-6-14(9-12)11-20-17(13(2)19)15-7-4-8-16(18)10-15/h3-10,13,17H,11,19H2,1-2H3. The fraction of sp³-hybridized carbons (Fsp3) is 0.294. The highest BCUT2D eigenvalue weighted by molar-refractivity contribution is 7.98. The van der Waals surface area contributed by atoms with Crippen molar-refractivity contribution in [3.63, 3.8) is 0 Å². The molecule has 0 aliphatic rings. The van der Waals surface area contributed by atoms with E-state index in [4.69, 9.17) is 17.3 Å². The summed E-state index contributed by atoms with van der Waals surface area (Å²) in [6.45, 7) is 4.17. The lowest BCUT2D eigenvalue weighted by Gasteiger charge is -2.21. The Morgan fingerprint density at radius 3 is 2.55 bits per heavy atom. The first-order chi connectivity index (χ1) is 9.56. The highest BCUT2D eigenvalue weighted by atomic mass is 35.5. The molecule has 0 radical (unpaired) electrons. The van der Waals surface area contributed by atoms with E-state index in [1.54, 1.807) is 0 Å². The summed E-state index contributed by atoms with van der Waals surface area (Å²) in [7, 11) is 0. The first-order valence-electron chi connectivity index (χ1n) is 6.74. The lowest BCUT2D eigenvalue weighted by atomic mass is 10.1. The Labute approximate surface area is 130 Å². The largest absolute Gasteiger partial charge is 0.327 e. The Morgan fingerprint density at radius 1 is 1.15 bits per heavy atom. The summed E-state index contributed by atoms with van der Waals surface area (Å²) in [6.07, 6.45) is 0. The van der Waals surface area contributed by atoms with E-state index in [-0.39, 0.29) is 11.3 Å². The fourth-order valence-electron chi connectivity index (χ4n) is 2.22. The Bertz CT molecular complexity index is 568. The van der Waals surface area contributed by atoms with E-state index in [0.717, 1.165) is 10.8 Å².